The van der Waals surface area contributed by atoms with Crippen molar-refractivity contribution in [3.63, 3.8) is 0 Å². The molecule has 3 aromatic carbocycles. The van der Waals surface area contributed by atoms with E-state index in [9.17, 15) is 23.3 Å². The minimum absolute atomic E-state index is 0.0461. The van der Waals surface area contributed by atoms with Gasteiger partial charge in [-0.2, -0.15) is 0 Å². The number of aryl methyl sites for hydroxylation is 2. The first-order valence-corrected chi connectivity index (χ1v) is 11.0. The van der Waals surface area contributed by atoms with Crippen LogP contribution < -0.4 is 14.8 Å². The second-order valence-electron chi connectivity index (χ2n) is 6.99. The molecule has 1 amide bonds. The van der Waals surface area contributed by atoms with Crippen LogP contribution in [0.5, 0.6) is 5.75 Å². The normalized spacial score (nSPS) is 10.9. The predicted octanol–water partition coefficient (Wildman–Crippen LogP) is 4.03. The Morgan fingerprint density at radius 2 is 1.62 bits per heavy atom. The minimum atomic E-state index is -3.78. The summed E-state index contributed by atoms with van der Waals surface area (Å²) < 4.78 is 33.1. The van der Waals surface area contributed by atoms with Crippen LogP contribution in [0.15, 0.2) is 71.6 Å². The minimum Gasteiger partial charge on any atom is -0.484 e. The van der Waals surface area contributed by atoms with Gasteiger partial charge in [0.2, 0.25) is 0 Å². The van der Waals surface area contributed by atoms with Gasteiger partial charge in [0.05, 0.1) is 21.2 Å². The molecular formula is C22H21N3O6S. The molecule has 0 atom stereocenters. The van der Waals surface area contributed by atoms with Gasteiger partial charge in [-0.1, -0.05) is 24.3 Å². The average Bonchev–Trinajstić information content (AvgIpc) is 2.75. The third kappa shape index (κ3) is 5.61. The number of para-hydroxylation sites is 1. The molecule has 0 saturated heterocycles. The first kappa shape index (κ1) is 22.8. The van der Waals surface area contributed by atoms with E-state index in [0.717, 1.165) is 5.56 Å². The lowest BCUT2D eigenvalue weighted by atomic mass is 10.2. The van der Waals surface area contributed by atoms with E-state index < -0.39 is 20.9 Å². The number of rotatable bonds is 8. The molecule has 32 heavy (non-hydrogen) atoms. The van der Waals surface area contributed by atoms with Crippen molar-refractivity contribution < 1.29 is 22.9 Å². The summed E-state index contributed by atoms with van der Waals surface area (Å²) in [4.78, 5) is 22.6. The lowest BCUT2D eigenvalue weighted by Gasteiger charge is -2.12. The molecule has 2 N–H and O–H groups in total. The van der Waals surface area contributed by atoms with Crippen molar-refractivity contribution in [2.24, 2.45) is 0 Å². The molecule has 0 aliphatic rings. The fraction of sp³-hybridized carbons (Fsp3) is 0.136. The van der Waals surface area contributed by atoms with Gasteiger partial charge in [0.15, 0.2) is 6.61 Å². The summed E-state index contributed by atoms with van der Waals surface area (Å²) in [5.74, 6) is -0.211. The third-order valence-corrected chi connectivity index (χ3v) is 5.98. The second-order valence-corrected chi connectivity index (χ2v) is 8.67. The Labute approximate surface area is 185 Å². The zero-order valence-corrected chi connectivity index (χ0v) is 18.2. The maximum atomic E-state index is 12.6. The topological polar surface area (TPSA) is 128 Å². The summed E-state index contributed by atoms with van der Waals surface area (Å²) in [7, 11) is -3.78. The maximum absolute atomic E-state index is 12.6. The highest BCUT2D eigenvalue weighted by atomic mass is 32.2. The fourth-order valence-electron chi connectivity index (χ4n) is 2.80. The van der Waals surface area contributed by atoms with Crippen LogP contribution in [0.2, 0.25) is 0 Å². The lowest BCUT2D eigenvalue weighted by Crippen LogP contribution is -2.20. The number of nitro benzene ring substituents is 1. The average molecular weight is 455 g/mol. The van der Waals surface area contributed by atoms with Gasteiger partial charge >= 0.3 is 0 Å². The Morgan fingerprint density at radius 3 is 2.28 bits per heavy atom. The van der Waals surface area contributed by atoms with Crippen LogP contribution in [0.25, 0.3) is 0 Å². The van der Waals surface area contributed by atoms with Gasteiger partial charge < -0.3 is 10.1 Å². The first-order valence-electron chi connectivity index (χ1n) is 9.52. The number of benzene rings is 3. The molecule has 166 valence electrons. The van der Waals surface area contributed by atoms with Crippen molar-refractivity contribution in [2.75, 3.05) is 16.6 Å². The molecular weight excluding hydrogens is 434 g/mol. The van der Waals surface area contributed by atoms with Crippen molar-refractivity contribution in [2.45, 2.75) is 18.7 Å². The van der Waals surface area contributed by atoms with E-state index in [1.807, 2.05) is 6.07 Å². The Kier molecular flexibility index (Phi) is 6.74. The number of hydrogen-bond donors (Lipinski definition) is 2. The lowest BCUT2D eigenvalue weighted by molar-refractivity contribution is -0.384. The van der Waals surface area contributed by atoms with Crippen LogP contribution in [0.4, 0.5) is 17.1 Å². The molecule has 3 rings (SSSR count). The van der Waals surface area contributed by atoms with Gasteiger partial charge in [-0.3, -0.25) is 19.6 Å². The maximum Gasteiger partial charge on any atom is 0.271 e. The fourth-order valence-corrected chi connectivity index (χ4v) is 3.93. The van der Waals surface area contributed by atoms with Crippen molar-refractivity contribution in [1.82, 2.24) is 0 Å². The smallest absolute Gasteiger partial charge is 0.271 e. The van der Waals surface area contributed by atoms with Crippen LogP contribution in [0.1, 0.15) is 11.1 Å². The highest BCUT2D eigenvalue weighted by molar-refractivity contribution is 7.92. The summed E-state index contributed by atoms with van der Waals surface area (Å²) in [6, 6.07) is 16.8. The van der Waals surface area contributed by atoms with E-state index in [-0.39, 0.29) is 17.2 Å². The van der Waals surface area contributed by atoms with E-state index in [2.05, 4.69) is 10.0 Å². The van der Waals surface area contributed by atoms with E-state index in [1.54, 1.807) is 38.1 Å². The van der Waals surface area contributed by atoms with Crippen molar-refractivity contribution >= 4 is 33.0 Å². The Hall–Kier alpha value is -3.92. The molecule has 0 bridgehead atoms. The molecule has 0 aliphatic heterocycles. The first-order chi connectivity index (χ1) is 15.2. The van der Waals surface area contributed by atoms with Crippen LogP contribution >= 0.6 is 0 Å². The number of nitrogens with zero attached hydrogens (tertiary/aromatic N) is 1. The van der Waals surface area contributed by atoms with Gasteiger partial charge in [0.25, 0.3) is 21.6 Å². The largest absolute Gasteiger partial charge is 0.484 e. The van der Waals surface area contributed by atoms with E-state index in [1.165, 1.54) is 36.4 Å². The van der Waals surface area contributed by atoms with Crippen molar-refractivity contribution in [3.8, 4) is 5.75 Å². The van der Waals surface area contributed by atoms with E-state index in [0.29, 0.717) is 22.7 Å². The van der Waals surface area contributed by atoms with Crippen molar-refractivity contribution in [1.29, 1.82) is 0 Å². The highest BCUT2D eigenvalue weighted by Crippen LogP contribution is 2.23. The summed E-state index contributed by atoms with van der Waals surface area (Å²) in [6.07, 6.45) is 0. The molecule has 0 aliphatic carbocycles. The molecule has 0 heterocycles. The number of non-ortho nitro benzene ring substituents is 1. The summed E-state index contributed by atoms with van der Waals surface area (Å²) in [5, 5.41) is 13.5. The Balaban J connectivity index is 1.61. The zero-order chi connectivity index (χ0) is 23.3. The molecule has 10 heteroatoms. The molecule has 0 spiro atoms. The Morgan fingerprint density at radius 1 is 0.969 bits per heavy atom. The summed E-state index contributed by atoms with van der Waals surface area (Å²) >= 11 is 0. The molecule has 0 unspecified atom stereocenters. The van der Waals surface area contributed by atoms with Gasteiger partial charge in [-0.05, 0) is 55.3 Å². The number of nitro groups is 1. The molecule has 0 radical (unpaired) electrons. The number of carbonyl (C=O) groups is 1. The van der Waals surface area contributed by atoms with Gasteiger partial charge in [-0.15, -0.1) is 0 Å². The monoisotopic (exact) mass is 455 g/mol. The molecule has 3 aromatic rings. The number of anilines is 2. The van der Waals surface area contributed by atoms with Crippen molar-refractivity contribution in [3.05, 3.63) is 88.0 Å². The van der Waals surface area contributed by atoms with Crippen LogP contribution in [0, 0.1) is 24.0 Å². The van der Waals surface area contributed by atoms with Crippen LogP contribution in [0.3, 0.4) is 0 Å². The standard InChI is InChI=1S/C22H21N3O6S/c1-15-5-3-4-6-20(15)24-32(29,30)19-11-9-18(10-12-19)31-14-22(26)23-21-13-17(25(27)28)8-7-16(21)2/h3-13,24H,14H2,1-2H3,(H,23,26). The summed E-state index contributed by atoms with van der Waals surface area (Å²) in [5.41, 5.74) is 2.13. The number of hydrogen-bond acceptors (Lipinski definition) is 6. The Bertz CT molecular complexity index is 1260. The zero-order valence-electron chi connectivity index (χ0n) is 17.4. The number of ether oxygens (including phenoxy) is 1. The number of carbonyl (C=O) groups excluding carboxylic acids is 1. The van der Waals surface area contributed by atoms with Crippen LogP contribution in [-0.2, 0) is 14.8 Å². The van der Waals surface area contributed by atoms with E-state index in [4.69, 9.17) is 4.74 Å². The molecule has 0 saturated carbocycles. The molecule has 0 aromatic heterocycles. The molecule has 0 fully saturated rings. The predicted molar refractivity (Wildman–Crippen MR) is 120 cm³/mol. The highest BCUT2D eigenvalue weighted by Gasteiger charge is 2.16. The summed E-state index contributed by atoms with van der Waals surface area (Å²) in [6.45, 7) is 3.16. The van der Waals surface area contributed by atoms with Crippen LogP contribution in [-0.4, -0.2) is 25.9 Å². The number of sulfonamides is 1. The van der Waals surface area contributed by atoms with E-state index >= 15 is 0 Å². The van der Waals surface area contributed by atoms with Gasteiger partial charge in [0.1, 0.15) is 5.75 Å². The number of amides is 1. The quantitative estimate of drug-likeness (QED) is 0.390. The third-order valence-electron chi connectivity index (χ3n) is 4.60. The van der Waals surface area contributed by atoms with Gasteiger partial charge in [-0.25, -0.2) is 8.42 Å². The van der Waals surface area contributed by atoms with Gasteiger partial charge in [0, 0.05) is 12.1 Å². The number of nitrogens with one attached hydrogen (secondary N) is 2. The SMILES string of the molecule is Cc1ccc([N+](=O)[O-])cc1NC(=O)COc1ccc(S(=O)(=O)Nc2ccccc2C)cc1. The molecule has 9 nitrogen and oxygen atoms in total. The second kappa shape index (κ2) is 9.48.